The van der Waals surface area contributed by atoms with Gasteiger partial charge in [-0.25, -0.2) is 4.98 Å². The zero-order chi connectivity index (χ0) is 18.8. The molecule has 0 spiro atoms. The summed E-state index contributed by atoms with van der Waals surface area (Å²) in [6.07, 6.45) is 0. The summed E-state index contributed by atoms with van der Waals surface area (Å²) in [6.45, 7) is 0. The van der Waals surface area contributed by atoms with Crippen LogP contribution in [-0.4, -0.2) is 34.2 Å². The molecule has 8 heteroatoms. The quantitative estimate of drug-likeness (QED) is 0.569. The first-order valence-electron chi connectivity index (χ1n) is 8.15. The monoisotopic (exact) mass is 379 g/mol. The number of nitrogen functional groups attached to an aromatic ring is 1. The molecule has 0 atom stereocenters. The summed E-state index contributed by atoms with van der Waals surface area (Å²) in [4.78, 5) is 4.66. The fourth-order valence-electron chi connectivity index (χ4n) is 2.63. The maximum Gasteiger partial charge on any atom is 0.165 e. The first-order valence-corrected chi connectivity index (χ1v) is 9.03. The average molecular weight is 379 g/mol. The van der Waals surface area contributed by atoms with E-state index < -0.39 is 0 Å². The van der Waals surface area contributed by atoms with Crippen molar-refractivity contribution in [1.82, 2.24) is 20.0 Å². The molecule has 0 fully saturated rings. The van der Waals surface area contributed by atoms with E-state index in [1.807, 2.05) is 53.9 Å². The zero-order valence-electron chi connectivity index (χ0n) is 14.8. The number of thiazole rings is 1. The molecule has 2 heterocycles. The fraction of sp³-hybridized carbons (Fsp3) is 0.105. The molecular weight excluding hydrogens is 362 g/mol. The van der Waals surface area contributed by atoms with Crippen LogP contribution in [0, 0.1) is 0 Å². The third-order valence-corrected chi connectivity index (χ3v) is 4.96. The predicted molar refractivity (Wildman–Crippen MR) is 105 cm³/mol. The van der Waals surface area contributed by atoms with Gasteiger partial charge in [0.25, 0.3) is 0 Å². The van der Waals surface area contributed by atoms with Crippen LogP contribution in [0.1, 0.15) is 0 Å². The lowest BCUT2D eigenvalue weighted by Crippen LogP contribution is -2.02. The van der Waals surface area contributed by atoms with Gasteiger partial charge in [-0.1, -0.05) is 5.21 Å². The highest BCUT2D eigenvalue weighted by Crippen LogP contribution is 2.32. The maximum absolute atomic E-state index is 6.28. The molecule has 0 unspecified atom stereocenters. The van der Waals surface area contributed by atoms with E-state index in [0.717, 1.165) is 33.5 Å². The minimum Gasteiger partial charge on any atom is -0.497 e. The topological polar surface area (TPSA) is 88.1 Å². The lowest BCUT2D eigenvalue weighted by Gasteiger charge is -2.04. The molecule has 4 rings (SSSR count). The first kappa shape index (κ1) is 17.0. The lowest BCUT2D eigenvalue weighted by molar-refractivity contribution is 0.414. The number of ether oxygens (including phenoxy) is 2. The molecule has 0 amide bonds. The van der Waals surface area contributed by atoms with Gasteiger partial charge in [-0.3, -0.25) is 0 Å². The third kappa shape index (κ3) is 3.22. The molecular formula is C19H17N5O2S. The number of hydrogen-bond acceptors (Lipinski definition) is 7. The average Bonchev–Trinajstić information content (AvgIpc) is 3.35. The van der Waals surface area contributed by atoms with Crippen LogP contribution in [0.4, 0.5) is 5.82 Å². The van der Waals surface area contributed by atoms with Crippen LogP contribution in [-0.2, 0) is 0 Å². The Bertz CT molecular complexity index is 1050. The summed E-state index contributed by atoms with van der Waals surface area (Å²) < 4.78 is 12.0. The molecule has 2 aromatic carbocycles. The number of benzene rings is 2. The maximum atomic E-state index is 6.28. The smallest absolute Gasteiger partial charge is 0.165 e. The van der Waals surface area contributed by atoms with Crippen molar-refractivity contribution in [3.8, 4) is 39.1 Å². The van der Waals surface area contributed by atoms with Crippen molar-refractivity contribution in [3.63, 3.8) is 0 Å². The fourth-order valence-corrected chi connectivity index (χ4v) is 3.45. The molecule has 2 aromatic heterocycles. The second kappa shape index (κ2) is 7.08. The van der Waals surface area contributed by atoms with E-state index in [4.69, 9.17) is 15.2 Å². The van der Waals surface area contributed by atoms with Crippen molar-refractivity contribution in [3.05, 3.63) is 53.9 Å². The van der Waals surface area contributed by atoms with Gasteiger partial charge >= 0.3 is 0 Å². The van der Waals surface area contributed by atoms with Crippen LogP contribution in [0.15, 0.2) is 53.9 Å². The second-order valence-corrected chi connectivity index (χ2v) is 6.56. The Morgan fingerprint density at radius 2 is 1.56 bits per heavy atom. The molecule has 0 aliphatic carbocycles. The van der Waals surface area contributed by atoms with Crippen molar-refractivity contribution >= 4 is 17.2 Å². The minimum atomic E-state index is 0.441. The Kier molecular flexibility index (Phi) is 4.47. The van der Waals surface area contributed by atoms with Crippen LogP contribution in [0.2, 0.25) is 0 Å². The minimum absolute atomic E-state index is 0.441. The van der Waals surface area contributed by atoms with E-state index in [9.17, 15) is 0 Å². The Morgan fingerprint density at radius 3 is 2.19 bits per heavy atom. The summed E-state index contributed by atoms with van der Waals surface area (Å²) in [7, 11) is 3.27. The molecule has 0 radical (unpaired) electrons. The highest BCUT2D eigenvalue weighted by atomic mass is 32.1. The molecule has 2 N–H and O–H groups in total. The van der Waals surface area contributed by atoms with Crippen molar-refractivity contribution in [2.24, 2.45) is 0 Å². The molecule has 27 heavy (non-hydrogen) atoms. The van der Waals surface area contributed by atoms with Crippen LogP contribution in [0.25, 0.3) is 27.6 Å². The first-order chi connectivity index (χ1) is 13.2. The van der Waals surface area contributed by atoms with Gasteiger partial charge in [0.1, 0.15) is 16.5 Å². The van der Waals surface area contributed by atoms with Crippen LogP contribution in [0.3, 0.4) is 0 Å². The summed E-state index contributed by atoms with van der Waals surface area (Å²) in [5, 5.41) is 11.1. The van der Waals surface area contributed by atoms with Gasteiger partial charge < -0.3 is 15.2 Å². The van der Waals surface area contributed by atoms with Crippen molar-refractivity contribution in [2.75, 3.05) is 20.0 Å². The van der Waals surface area contributed by atoms with Crippen molar-refractivity contribution < 1.29 is 9.47 Å². The number of nitrogens with zero attached hydrogens (tertiary/aromatic N) is 4. The van der Waals surface area contributed by atoms with Crippen LogP contribution >= 0.6 is 11.3 Å². The van der Waals surface area contributed by atoms with Gasteiger partial charge in [0, 0.05) is 10.9 Å². The molecule has 0 saturated carbocycles. The number of aromatic nitrogens is 4. The molecule has 0 bridgehead atoms. The summed E-state index contributed by atoms with van der Waals surface area (Å²) in [5.74, 6) is 2.01. The molecule has 4 aromatic rings. The number of anilines is 1. The van der Waals surface area contributed by atoms with Gasteiger partial charge in [0.15, 0.2) is 11.5 Å². The Labute approximate surface area is 160 Å². The van der Waals surface area contributed by atoms with Gasteiger partial charge in [0.2, 0.25) is 0 Å². The number of rotatable bonds is 5. The highest BCUT2D eigenvalue weighted by Gasteiger charge is 2.17. The zero-order valence-corrected chi connectivity index (χ0v) is 15.6. The predicted octanol–water partition coefficient (Wildman–Crippen LogP) is 3.66. The van der Waals surface area contributed by atoms with Crippen molar-refractivity contribution in [2.45, 2.75) is 0 Å². The normalized spacial score (nSPS) is 10.7. The summed E-state index contributed by atoms with van der Waals surface area (Å²) >= 11 is 1.48. The highest BCUT2D eigenvalue weighted by molar-refractivity contribution is 7.13. The molecule has 7 nitrogen and oxygen atoms in total. The van der Waals surface area contributed by atoms with E-state index in [-0.39, 0.29) is 0 Å². The number of methoxy groups -OCH3 is 2. The largest absolute Gasteiger partial charge is 0.497 e. The van der Waals surface area contributed by atoms with Crippen LogP contribution < -0.4 is 15.2 Å². The van der Waals surface area contributed by atoms with Crippen LogP contribution in [0.5, 0.6) is 11.5 Å². The Hall–Kier alpha value is -3.39. The molecule has 136 valence electrons. The van der Waals surface area contributed by atoms with E-state index in [2.05, 4.69) is 15.3 Å². The lowest BCUT2D eigenvalue weighted by atomic mass is 10.2. The second-order valence-electron chi connectivity index (χ2n) is 5.70. The SMILES string of the molecule is COc1ccc(-c2csc(-c3nnn(-c4ccc(OC)cc4)c3N)n2)cc1. The van der Waals surface area contributed by atoms with E-state index >= 15 is 0 Å². The summed E-state index contributed by atoms with van der Waals surface area (Å²) in [5.41, 5.74) is 9.51. The van der Waals surface area contributed by atoms with Gasteiger partial charge in [-0.15, -0.1) is 16.4 Å². The van der Waals surface area contributed by atoms with Gasteiger partial charge in [0.05, 0.1) is 25.6 Å². The van der Waals surface area contributed by atoms with Gasteiger partial charge in [-0.2, -0.15) is 4.68 Å². The van der Waals surface area contributed by atoms with Gasteiger partial charge in [-0.05, 0) is 48.5 Å². The standard InChI is InChI=1S/C19H17N5O2S/c1-25-14-7-3-12(4-8-14)16-11-27-19(21-16)17-18(20)24(23-22-17)13-5-9-15(26-2)10-6-13/h3-11H,20H2,1-2H3. The van der Waals surface area contributed by atoms with E-state index in [1.54, 1.807) is 18.9 Å². The van der Waals surface area contributed by atoms with Crippen molar-refractivity contribution in [1.29, 1.82) is 0 Å². The molecule has 0 aliphatic heterocycles. The summed E-state index contributed by atoms with van der Waals surface area (Å²) in [6, 6.07) is 15.2. The van der Waals surface area contributed by atoms with E-state index in [0.29, 0.717) is 11.5 Å². The Balaban J connectivity index is 1.64. The Morgan fingerprint density at radius 1 is 0.926 bits per heavy atom. The molecule has 0 saturated heterocycles. The number of nitrogens with two attached hydrogens (primary N) is 1. The third-order valence-electron chi connectivity index (χ3n) is 4.11. The number of hydrogen-bond donors (Lipinski definition) is 1. The van der Waals surface area contributed by atoms with E-state index in [1.165, 1.54) is 11.3 Å². The molecule has 0 aliphatic rings.